The fraction of sp³-hybridized carbons (Fsp3) is 0.857. The molecule has 0 spiro atoms. The second kappa shape index (κ2) is 4.14. The van der Waals surface area contributed by atoms with Crippen molar-refractivity contribution in [2.24, 2.45) is 5.73 Å². The molecule has 0 bridgehead atoms. The number of rotatable bonds is 2. The molecular formula is C7H12F3N3O. The van der Waals surface area contributed by atoms with E-state index >= 15 is 0 Å². The fourth-order valence-corrected chi connectivity index (χ4v) is 1.46. The molecule has 7 heteroatoms. The lowest BCUT2D eigenvalue weighted by atomic mass is 10.2. The first-order chi connectivity index (χ1) is 6.41. The van der Waals surface area contributed by atoms with Crippen molar-refractivity contribution < 1.29 is 18.0 Å². The number of nitrogens with two attached hydrogens (primary N) is 1. The molecule has 1 fully saturated rings. The van der Waals surface area contributed by atoms with Gasteiger partial charge in [0.2, 0.25) is 5.91 Å². The molecule has 1 atom stereocenters. The Bertz CT molecular complexity index is 219. The highest BCUT2D eigenvalue weighted by molar-refractivity contribution is 5.76. The van der Waals surface area contributed by atoms with Crippen LogP contribution in [0.3, 0.4) is 0 Å². The number of amides is 1. The Kier molecular flexibility index (Phi) is 3.33. The molecule has 1 saturated heterocycles. The monoisotopic (exact) mass is 211 g/mol. The van der Waals surface area contributed by atoms with E-state index in [1.807, 2.05) is 0 Å². The number of alkyl halides is 3. The Morgan fingerprint density at radius 1 is 1.57 bits per heavy atom. The molecule has 14 heavy (non-hydrogen) atoms. The number of carbonyl (C=O) groups is 1. The van der Waals surface area contributed by atoms with Crippen molar-refractivity contribution in [2.45, 2.75) is 12.2 Å². The molecule has 0 aromatic heterocycles. The van der Waals surface area contributed by atoms with Gasteiger partial charge in [0.25, 0.3) is 0 Å². The number of nitrogens with zero attached hydrogens (tertiary/aromatic N) is 1. The summed E-state index contributed by atoms with van der Waals surface area (Å²) in [6.45, 7) is 0.107. The van der Waals surface area contributed by atoms with Crippen LogP contribution >= 0.6 is 0 Å². The van der Waals surface area contributed by atoms with Gasteiger partial charge in [-0.1, -0.05) is 0 Å². The van der Waals surface area contributed by atoms with Gasteiger partial charge in [-0.25, -0.2) is 0 Å². The Balaban J connectivity index is 2.64. The van der Waals surface area contributed by atoms with Crippen LogP contribution in [0.15, 0.2) is 0 Å². The van der Waals surface area contributed by atoms with Crippen LogP contribution in [0, 0.1) is 0 Å². The van der Waals surface area contributed by atoms with Crippen molar-refractivity contribution in [1.29, 1.82) is 0 Å². The first-order valence-corrected chi connectivity index (χ1v) is 4.21. The second-order valence-electron chi connectivity index (χ2n) is 3.20. The maximum absolute atomic E-state index is 12.4. The standard InChI is InChI=1S/C7H12F3N3O/c8-7(9,10)5-3-12-1-2-13(5)4-6(11)14/h5,12H,1-4H2,(H2,11,14)/t5-/m0/s1. The zero-order valence-corrected chi connectivity index (χ0v) is 7.47. The maximum Gasteiger partial charge on any atom is 0.405 e. The van der Waals surface area contributed by atoms with Crippen molar-refractivity contribution >= 4 is 5.91 Å². The molecule has 1 aliphatic rings. The van der Waals surface area contributed by atoms with Gasteiger partial charge in [-0.2, -0.15) is 13.2 Å². The van der Waals surface area contributed by atoms with Gasteiger partial charge >= 0.3 is 6.18 Å². The minimum atomic E-state index is -4.32. The topological polar surface area (TPSA) is 58.4 Å². The van der Waals surface area contributed by atoms with Gasteiger partial charge < -0.3 is 11.1 Å². The van der Waals surface area contributed by atoms with Crippen LogP contribution in [0.4, 0.5) is 13.2 Å². The third kappa shape index (κ3) is 2.85. The summed E-state index contributed by atoms with van der Waals surface area (Å²) < 4.78 is 37.2. The van der Waals surface area contributed by atoms with E-state index in [2.05, 4.69) is 5.32 Å². The second-order valence-corrected chi connectivity index (χ2v) is 3.20. The number of carbonyl (C=O) groups excluding carboxylic acids is 1. The van der Waals surface area contributed by atoms with Crippen LogP contribution in [0.5, 0.6) is 0 Å². The van der Waals surface area contributed by atoms with Crippen LogP contribution in [0.1, 0.15) is 0 Å². The number of hydrogen-bond acceptors (Lipinski definition) is 3. The van der Waals surface area contributed by atoms with Gasteiger partial charge in [0.1, 0.15) is 6.04 Å². The number of piperazine rings is 1. The molecule has 0 radical (unpaired) electrons. The number of hydrogen-bond donors (Lipinski definition) is 2. The molecule has 1 heterocycles. The molecule has 0 saturated carbocycles. The summed E-state index contributed by atoms with van der Waals surface area (Å²) in [6.07, 6.45) is -4.32. The first-order valence-electron chi connectivity index (χ1n) is 4.21. The number of halogens is 3. The lowest BCUT2D eigenvalue weighted by molar-refractivity contribution is -0.187. The van der Waals surface area contributed by atoms with E-state index in [0.717, 1.165) is 4.90 Å². The molecule has 0 aromatic carbocycles. The van der Waals surface area contributed by atoms with Crippen molar-refractivity contribution in [2.75, 3.05) is 26.2 Å². The zero-order chi connectivity index (χ0) is 10.8. The van der Waals surface area contributed by atoms with Crippen LogP contribution in [0.2, 0.25) is 0 Å². The van der Waals surface area contributed by atoms with Crippen molar-refractivity contribution in [1.82, 2.24) is 10.2 Å². The van der Waals surface area contributed by atoms with E-state index < -0.39 is 18.1 Å². The molecule has 3 N–H and O–H groups in total. The quantitative estimate of drug-likeness (QED) is 0.635. The highest BCUT2D eigenvalue weighted by Crippen LogP contribution is 2.25. The maximum atomic E-state index is 12.4. The predicted octanol–water partition coefficient (Wildman–Crippen LogP) is -0.692. The fourth-order valence-electron chi connectivity index (χ4n) is 1.46. The SMILES string of the molecule is NC(=O)CN1CCNC[C@H]1C(F)(F)F. The highest BCUT2D eigenvalue weighted by atomic mass is 19.4. The van der Waals surface area contributed by atoms with Gasteiger partial charge in [-0.05, 0) is 0 Å². The van der Waals surface area contributed by atoms with Gasteiger partial charge in [0.05, 0.1) is 6.54 Å². The van der Waals surface area contributed by atoms with Gasteiger partial charge in [0, 0.05) is 19.6 Å². The Morgan fingerprint density at radius 2 is 2.21 bits per heavy atom. The molecular weight excluding hydrogens is 199 g/mol. The predicted molar refractivity (Wildman–Crippen MR) is 43.5 cm³/mol. The summed E-state index contributed by atoms with van der Waals surface area (Å²) in [5, 5.41) is 2.63. The summed E-state index contributed by atoms with van der Waals surface area (Å²) in [6, 6.07) is -1.61. The zero-order valence-electron chi connectivity index (χ0n) is 7.47. The highest BCUT2D eigenvalue weighted by Gasteiger charge is 2.44. The van der Waals surface area contributed by atoms with E-state index in [9.17, 15) is 18.0 Å². The normalized spacial score (nSPS) is 24.9. The van der Waals surface area contributed by atoms with Crippen LogP contribution in [0.25, 0.3) is 0 Å². The Hall–Kier alpha value is -0.820. The minimum absolute atomic E-state index is 0.184. The summed E-state index contributed by atoms with van der Waals surface area (Å²) in [5.74, 6) is -0.735. The molecule has 1 aliphatic heterocycles. The number of nitrogens with one attached hydrogen (secondary N) is 1. The number of primary amides is 1. The van der Waals surface area contributed by atoms with E-state index in [4.69, 9.17) is 5.73 Å². The van der Waals surface area contributed by atoms with Gasteiger partial charge in [-0.15, -0.1) is 0 Å². The summed E-state index contributed by atoms with van der Waals surface area (Å²) in [4.78, 5) is 11.6. The molecule has 82 valence electrons. The molecule has 1 rings (SSSR count). The lowest BCUT2D eigenvalue weighted by Crippen LogP contribution is -2.59. The van der Waals surface area contributed by atoms with E-state index in [1.165, 1.54) is 0 Å². The van der Waals surface area contributed by atoms with Crippen LogP contribution < -0.4 is 11.1 Å². The lowest BCUT2D eigenvalue weighted by Gasteiger charge is -2.36. The van der Waals surface area contributed by atoms with Gasteiger partial charge in [0.15, 0.2) is 0 Å². The molecule has 0 aliphatic carbocycles. The van der Waals surface area contributed by atoms with E-state index in [0.29, 0.717) is 6.54 Å². The smallest absolute Gasteiger partial charge is 0.369 e. The van der Waals surface area contributed by atoms with Crippen molar-refractivity contribution in [3.05, 3.63) is 0 Å². The molecule has 4 nitrogen and oxygen atoms in total. The summed E-state index contributed by atoms with van der Waals surface area (Å²) >= 11 is 0. The third-order valence-corrected chi connectivity index (χ3v) is 2.09. The molecule has 1 amide bonds. The third-order valence-electron chi connectivity index (χ3n) is 2.09. The summed E-state index contributed by atoms with van der Waals surface area (Å²) in [7, 11) is 0. The Labute approximate surface area is 79.2 Å². The van der Waals surface area contributed by atoms with Crippen LogP contribution in [-0.4, -0.2) is 49.2 Å². The summed E-state index contributed by atoms with van der Waals surface area (Å²) in [5.41, 5.74) is 4.86. The largest absolute Gasteiger partial charge is 0.405 e. The average Bonchev–Trinajstić information content (AvgIpc) is 2.01. The molecule has 0 aromatic rings. The van der Waals surface area contributed by atoms with Crippen LogP contribution in [-0.2, 0) is 4.79 Å². The first kappa shape index (κ1) is 11.3. The minimum Gasteiger partial charge on any atom is -0.369 e. The van der Waals surface area contributed by atoms with Gasteiger partial charge in [-0.3, -0.25) is 9.69 Å². The average molecular weight is 211 g/mol. The van der Waals surface area contributed by atoms with E-state index in [-0.39, 0.29) is 19.6 Å². The van der Waals surface area contributed by atoms with Crippen molar-refractivity contribution in [3.8, 4) is 0 Å². The molecule has 0 unspecified atom stereocenters. The van der Waals surface area contributed by atoms with E-state index in [1.54, 1.807) is 0 Å². The van der Waals surface area contributed by atoms with Crippen molar-refractivity contribution in [3.63, 3.8) is 0 Å². The Morgan fingerprint density at radius 3 is 2.71 bits per heavy atom.